The number of nitrogens with zero attached hydrogens (tertiary/aromatic N) is 2. The standard InChI is InChI=1S/C18H13F3N2O4S2/c1-3-27-17(26)14(9(2)24)29-16-10(8-22)7-11(15(23-16)18(19,20)21)13(25)12-5-4-6-28-12/h4-7,14H,3H2,1-2H3/t14-/m0/s1. The number of carbonyl (C=O) groups excluding carboxylic acids is 3. The maximum absolute atomic E-state index is 13.6. The van der Waals surface area contributed by atoms with E-state index in [1.54, 1.807) is 6.07 Å². The summed E-state index contributed by atoms with van der Waals surface area (Å²) < 4.78 is 45.5. The van der Waals surface area contributed by atoms with Crippen LogP contribution in [0.3, 0.4) is 0 Å². The fourth-order valence-corrected chi connectivity index (χ4v) is 3.83. The van der Waals surface area contributed by atoms with E-state index in [1.807, 2.05) is 0 Å². The lowest BCUT2D eigenvalue weighted by Gasteiger charge is -2.16. The Hall–Kier alpha value is -2.71. The Morgan fingerprint density at radius 3 is 2.55 bits per heavy atom. The lowest BCUT2D eigenvalue weighted by atomic mass is 10.1. The molecule has 0 aromatic carbocycles. The van der Waals surface area contributed by atoms with E-state index in [2.05, 4.69) is 4.98 Å². The summed E-state index contributed by atoms with van der Waals surface area (Å²) in [6.45, 7) is 2.54. The molecule has 0 bridgehead atoms. The molecule has 2 rings (SSSR count). The molecule has 2 heterocycles. The molecule has 0 aliphatic heterocycles. The molecule has 0 aliphatic carbocycles. The van der Waals surface area contributed by atoms with Crippen LogP contribution in [0.15, 0.2) is 28.6 Å². The number of hydrogen-bond donors (Lipinski definition) is 0. The Morgan fingerprint density at radius 1 is 1.38 bits per heavy atom. The van der Waals surface area contributed by atoms with E-state index in [-0.39, 0.29) is 17.0 Å². The van der Waals surface area contributed by atoms with Crippen molar-refractivity contribution in [1.82, 2.24) is 4.98 Å². The molecule has 6 nitrogen and oxygen atoms in total. The van der Waals surface area contributed by atoms with Crippen LogP contribution in [0.4, 0.5) is 13.2 Å². The number of aromatic nitrogens is 1. The zero-order valence-corrected chi connectivity index (χ0v) is 16.7. The molecule has 152 valence electrons. The number of thioether (sulfide) groups is 1. The topological polar surface area (TPSA) is 97.1 Å². The van der Waals surface area contributed by atoms with Crippen molar-refractivity contribution in [2.24, 2.45) is 0 Å². The van der Waals surface area contributed by atoms with Crippen LogP contribution in [-0.4, -0.2) is 34.4 Å². The highest BCUT2D eigenvalue weighted by molar-refractivity contribution is 8.01. The Labute approximate surface area is 171 Å². The monoisotopic (exact) mass is 442 g/mol. The summed E-state index contributed by atoms with van der Waals surface area (Å²) in [4.78, 5) is 39.7. The van der Waals surface area contributed by atoms with Gasteiger partial charge in [0, 0.05) is 0 Å². The van der Waals surface area contributed by atoms with Gasteiger partial charge in [0.25, 0.3) is 0 Å². The summed E-state index contributed by atoms with van der Waals surface area (Å²) in [6, 6.07) is 5.31. The van der Waals surface area contributed by atoms with E-state index in [0.717, 1.165) is 24.3 Å². The van der Waals surface area contributed by atoms with Crippen LogP contribution < -0.4 is 0 Å². The van der Waals surface area contributed by atoms with Gasteiger partial charge in [-0.2, -0.15) is 18.4 Å². The maximum Gasteiger partial charge on any atom is 0.434 e. The number of hydrogen-bond acceptors (Lipinski definition) is 8. The van der Waals surface area contributed by atoms with E-state index in [0.29, 0.717) is 11.8 Å². The van der Waals surface area contributed by atoms with Crippen molar-refractivity contribution in [3.05, 3.63) is 45.3 Å². The first-order valence-electron chi connectivity index (χ1n) is 8.04. The van der Waals surface area contributed by atoms with Gasteiger partial charge in [-0.3, -0.25) is 14.4 Å². The van der Waals surface area contributed by atoms with Crippen molar-refractivity contribution in [3.8, 4) is 6.07 Å². The Balaban J connectivity index is 2.60. The first-order chi connectivity index (χ1) is 13.6. The van der Waals surface area contributed by atoms with Crippen molar-refractivity contribution in [1.29, 1.82) is 5.26 Å². The number of ether oxygens (including phenoxy) is 1. The van der Waals surface area contributed by atoms with Gasteiger partial charge in [-0.25, -0.2) is 4.98 Å². The molecule has 2 aromatic rings. The smallest absolute Gasteiger partial charge is 0.434 e. The molecule has 29 heavy (non-hydrogen) atoms. The SMILES string of the molecule is CCOC(=O)[C@@H](Sc1nc(C(F)(F)F)c(C(=O)c2cccs2)cc1C#N)C(C)=O. The quantitative estimate of drug-likeness (QED) is 0.278. The summed E-state index contributed by atoms with van der Waals surface area (Å²) in [7, 11) is 0. The number of carbonyl (C=O) groups is 3. The molecule has 0 saturated carbocycles. The van der Waals surface area contributed by atoms with Gasteiger partial charge in [-0.1, -0.05) is 17.8 Å². The van der Waals surface area contributed by atoms with Gasteiger partial charge < -0.3 is 4.74 Å². The van der Waals surface area contributed by atoms with Crippen LogP contribution in [0.5, 0.6) is 0 Å². The van der Waals surface area contributed by atoms with Gasteiger partial charge in [0.15, 0.2) is 16.7 Å². The molecule has 11 heteroatoms. The normalized spacial score (nSPS) is 12.1. The molecular formula is C18H13F3N2O4S2. The molecule has 0 saturated heterocycles. The second-order valence-corrected chi connectivity index (χ2v) is 7.56. The predicted molar refractivity (Wildman–Crippen MR) is 98.7 cm³/mol. The number of thiophene rings is 1. The molecule has 2 aromatic heterocycles. The Bertz CT molecular complexity index is 982. The van der Waals surface area contributed by atoms with Crippen LogP contribution in [0, 0.1) is 11.3 Å². The van der Waals surface area contributed by atoms with Gasteiger partial charge in [0.1, 0.15) is 11.1 Å². The predicted octanol–water partition coefficient (Wildman–Crippen LogP) is 3.88. The van der Waals surface area contributed by atoms with Crippen LogP contribution in [0.2, 0.25) is 0 Å². The average molecular weight is 442 g/mol. The van der Waals surface area contributed by atoms with Crippen LogP contribution in [0.1, 0.15) is 40.3 Å². The number of rotatable bonds is 7. The van der Waals surface area contributed by atoms with Crippen molar-refractivity contribution < 1.29 is 32.3 Å². The van der Waals surface area contributed by atoms with E-state index in [4.69, 9.17) is 4.74 Å². The van der Waals surface area contributed by atoms with E-state index < -0.39 is 45.2 Å². The summed E-state index contributed by atoms with van der Waals surface area (Å²) in [5, 5.41) is 8.89. The molecule has 0 unspecified atom stereocenters. The second-order valence-electron chi connectivity index (χ2n) is 5.51. The van der Waals surface area contributed by atoms with Crippen LogP contribution >= 0.6 is 23.1 Å². The Kier molecular flexibility index (Phi) is 7.16. The van der Waals surface area contributed by atoms with Gasteiger partial charge in [-0.15, -0.1) is 11.3 Å². The fraction of sp³-hybridized carbons (Fsp3) is 0.278. The number of Topliss-reactive ketones (excluding diaryl/α,β-unsaturated/α-hetero) is 1. The third-order valence-corrected chi connectivity index (χ3v) is 5.63. The maximum atomic E-state index is 13.6. The number of pyridine rings is 1. The zero-order valence-electron chi connectivity index (χ0n) is 15.1. The lowest BCUT2D eigenvalue weighted by Crippen LogP contribution is -2.27. The summed E-state index contributed by atoms with van der Waals surface area (Å²) in [5.41, 5.74) is -2.64. The molecule has 0 fully saturated rings. The van der Waals surface area contributed by atoms with E-state index >= 15 is 0 Å². The molecular weight excluding hydrogens is 429 g/mol. The van der Waals surface area contributed by atoms with Gasteiger partial charge in [-0.05, 0) is 31.4 Å². The second kappa shape index (κ2) is 9.19. The third kappa shape index (κ3) is 5.21. The largest absolute Gasteiger partial charge is 0.465 e. The van der Waals surface area contributed by atoms with Crippen LogP contribution in [0.25, 0.3) is 0 Å². The fourth-order valence-electron chi connectivity index (χ4n) is 2.22. The molecule has 1 atom stereocenters. The minimum atomic E-state index is -5.00. The summed E-state index contributed by atoms with van der Waals surface area (Å²) >= 11 is 1.33. The van der Waals surface area contributed by atoms with Gasteiger partial charge in [0.05, 0.1) is 22.6 Å². The number of ketones is 2. The van der Waals surface area contributed by atoms with Crippen molar-refractivity contribution >= 4 is 40.6 Å². The first-order valence-corrected chi connectivity index (χ1v) is 9.80. The number of esters is 1. The molecule has 0 N–H and O–H groups in total. The number of alkyl halides is 3. The highest BCUT2D eigenvalue weighted by Gasteiger charge is 2.39. The van der Waals surface area contributed by atoms with Crippen LogP contribution in [-0.2, 0) is 20.5 Å². The zero-order chi connectivity index (χ0) is 21.8. The molecule has 0 aliphatic rings. The average Bonchev–Trinajstić information content (AvgIpc) is 3.18. The van der Waals surface area contributed by atoms with Crippen molar-refractivity contribution in [2.75, 3.05) is 6.61 Å². The molecule has 0 radical (unpaired) electrons. The highest BCUT2D eigenvalue weighted by Crippen LogP contribution is 2.36. The Morgan fingerprint density at radius 2 is 2.07 bits per heavy atom. The first kappa shape index (κ1) is 22.6. The third-order valence-electron chi connectivity index (χ3n) is 3.47. The number of nitriles is 1. The summed E-state index contributed by atoms with van der Waals surface area (Å²) in [5.74, 6) is -2.56. The van der Waals surface area contributed by atoms with Gasteiger partial charge >= 0.3 is 12.1 Å². The lowest BCUT2D eigenvalue weighted by molar-refractivity contribution is -0.144. The molecule has 0 amide bonds. The van der Waals surface area contributed by atoms with E-state index in [1.165, 1.54) is 24.4 Å². The highest BCUT2D eigenvalue weighted by atomic mass is 32.2. The van der Waals surface area contributed by atoms with Crippen molar-refractivity contribution in [2.45, 2.75) is 30.3 Å². The number of halogens is 3. The van der Waals surface area contributed by atoms with Crippen molar-refractivity contribution in [3.63, 3.8) is 0 Å². The molecule has 0 spiro atoms. The van der Waals surface area contributed by atoms with E-state index in [9.17, 15) is 32.8 Å². The minimum absolute atomic E-state index is 0.0379. The minimum Gasteiger partial charge on any atom is -0.465 e. The van der Waals surface area contributed by atoms with Gasteiger partial charge in [0.2, 0.25) is 5.78 Å². The summed E-state index contributed by atoms with van der Waals surface area (Å²) in [6.07, 6.45) is -5.00.